The number of phenols is 1. The molecule has 7 N–H and O–H groups in total. The van der Waals surface area contributed by atoms with Gasteiger partial charge >= 0.3 is 0 Å². The third-order valence-electron chi connectivity index (χ3n) is 9.34. The minimum absolute atomic E-state index is 0.00598. The van der Waals surface area contributed by atoms with Gasteiger partial charge in [-0.25, -0.2) is 0 Å². The molecule has 10 nitrogen and oxygen atoms in total. The third kappa shape index (κ3) is 7.90. The molecule has 0 radical (unpaired) electrons. The van der Waals surface area contributed by atoms with Crippen molar-refractivity contribution in [3.8, 4) is 5.75 Å². The second-order valence-corrected chi connectivity index (χ2v) is 12.4. The van der Waals surface area contributed by atoms with Gasteiger partial charge in [0.15, 0.2) is 0 Å². The summed E-state index contributed by atoms with van der Waals surface area (Å²) < 4.78 is 0. The van der Waals surface area contributed by atoms with Gasteiger partial charge in [-0.2, -0.15) is 0 Å². The molecule has 1 aromatic heterocycles. The number of nitrogens with zero attached hydrogens (tertiary/aromatic N) is 1. The first-order valence-corrected chi connectivity index (χ1v) is 16.4. The Hall–Kier alpha value is -4.51. The summed E-state index contributed by atoms with van der Waals surface area (Å²) in [4.78, 5) is 42.4. The van der Waals surface area contributed by atoms with Gasteiger partial charge in [0, 0.05) is 44.1 Å². The van der Waals surface area contributed by atoms with Crippen LogP contribution in [0.1, 0.15) is 54.9 Å². The Morgan fingerprint density at radius 2 is 1.62 bits per heavy atom. The highest BCUT2D eigenvalue weighted by molar-refractivity contribution is 5.91. The van der Waals surface area contributed by atoms with E-state index < -0.39 is 11.5 Å². The van der Waals surface area contributed by atoms with Crippen LogP contribution in [0.25, 0.3) is 10.9 Å². The lowest BCUT2D eigenvalue weighted by Crippen LogP contribution is -2.49. The van der Waals surface area contributed by atoms with Gasteiger partial charge in [-0.3, -0.25) is 14.4 Å². The van der Waals surface area contributed by atoms with E-state index in [-0.39, 0.29) is 29.0 Å². The van der Waals surface area contributed by atoms with Crippen LogP contribution in [0, 0.1) is 5.92 Å². The summed E-state index contributed by atoms with van der Waals surface area (Å²) in [5.41, 5.74) is 7.70. The van der Waals surface area contributed by atoms with Crippen molar-refractivity contribution in [1.29, 1.82) is 0 Å². The maximum absolute atomic E-state index is 13.3. The zero-order valence-electron chi connectivity index (χ0n) is 26.7. The van der Waals surface area contributed by atoms with Crippen LogP contribution in [-0.2, 0) is 15.0 Å². The van der Waals surface area contributed by atoms with Crippen molar-refractivity contribution in [3.05, 3.63) is 112 Å². The van der Waals surface area contributed by atoms with Crippen LogP contribution in [0.4, 0.5) is 0 Å². The SMILES string of the molecule is NC(=O)C(c1ccccc1)(c1ccccc1)[C@@H]1CCN(CCC(=O)NCCCCCNC[C@@H](O)c2ccc(O)c3[nH]c(=O)ccc23)C1. The summed E-state index contributed by atoms with van der Waals surface area (Å²) in [5.74, 6) is -0.374. The molecule has 10 heteroatoms. The van der Waals surface area contributed by atoms with E-state index >= 15 is 0 Å². The normalized spacial score (nSPS) is 15.9. The molecule has 1 saturated heterocycles. The Balaban J connectivity index is 1.01. The highest BCUT2D eigenvalue weighted by Gasteiger charge is 2.49. The fourth-order valence-corrected chi connectivity index (χ4v) is 6.94. The molecule has 3 aromatic carbocycles. The number of aromatic amines is 1. The van der Waals surface area contributed by atoms with Crippen LogP contribution in [-0.4, -0.2) is 71.2 Å². The molecule has 0 saturated carbocycles. The first kappa shape index (κ1) is 33.8. The Kier molecular flexibility index (Phi) is 11.4. The molecule has 4 aromatic rings. The van der Waals surface area contributed by atoms with Crippen LogP contribution in [0.5, 0.6) is 5.75 Å². The number of pyridine rings is 1. The number of hydrogen-bond donors (Lipinski definition) is 6. The van der Waals surface area contributed by atoms with Gasteiger partial charge in [0.25, 0.3) is 0 Å². The van der Waals surface area contributed by atoms with Crippen LogP contribution < -0.4 is 21.9 Å². The van der Waals surface area contributed by atoms with Gasteiger partial charge in [-0.05, 0) is 67.1 Å². The van der Waals surface area contributed by atoms with E-state index in [1.54, 1.807) is 12.1 Å². The number of nitrogens with two attached hydrogens (primary N) is 1. The van der Waals surface area contributed by atoms with Crippen molar-refractivity contribution in [1.82, 2.24) is 20.5 Å². The van der Waals surface area contributed by atoms with Gasteiger partial charge < -0.3 is 36.5 Å². The van der Waals surface area contributed by atoms with Gasteiger partial charge in [0.05, 0.1) is 11.6 Å². The van der Waals surface area contributed by atoms with E-state index in [9.17, 15) is 24.6 Å². The molecule has 1 fully saturated rings. The number of carbonyl (C=O) groups excluding carboxylic acids is 2. The number of unbranched alkanes of at least 4 members (excludes halogenated alkanes) is 2. The van der Waals surface area contributed by atoms with Gasteiger partial charge in [0.1, 0.15) is 11.2 Å². The number of fused-ring (bicyclic) bond motifs is 1. The molecule has 0 unspecified atom stereocenters. The number of rotatable bonds is 16. The Bertz CT molecular complexity index is 1650. The van der Waals surface area contributed by atoms with Gasteiger partial charge in [-0.1, -0.05) is 73.2 Å². The standard InChI is InChI=1S/C37H45N5O5/c38-36(47)37(26-10-4-1-5-11-26,27-12-6-2-7-13-27)28-18-22-42(25-28)23-19-33(45)40-21-9-3-8-20-39-24-32(44)29-14-16-31(43)35-30(29)15-17-34(46)41-35/h1-2,4-7,10-17,28,32,39,43-44H,3,8-9,18-25H2,(H2,38,47)(H,40,45)(H,41,46)/t28-,32-/m1/s1. The second kappa shape index (κ2) is 15.9. The van der Waals surface area contributed by atoms with E-state index in [0.717, 1.165) is 43.4 Å². The lowest BCUT2D eigenvalue weighted by atomic mass is 9.64. The Morgan fingerprint density at radius 3 is 2.30 bits per heavy atom. The monoisotopic (exact) mass is 639 g/mol. The van der Waals surface area contributed by atoms with Crippen molar-refractivity contribution < 1.29 is 19.8 Å². The zero-order chi connectivity index (χ0) is 33.2. The number of aliphatic hydroxyl groups is 1. The third-order valence-corrected chi connectivity index (χ3v) is 9.34. The number of hydrogen-bond acceptors (Lipinski definition) is 7. The van der Waals surface area contributed by atoms with Crippen molar-refractivity contribution in [2.45, 2.75) is 43.6 Å². The summed E-state index contributed by atoms with van der Waals surface area (Å²) in [6.45, 7) is 3.77. The number of amides is 2. The summed E-state index contributed by atoms with van der Waals surface area (Å²) in [6.07, 6.45) is 3.09. The first-order valence-electron chi connectivity index (χ1n) is 16.4. The number of likely N-dealkylation sites (tertiary alicyclic amines) is 1. The molecule has 0 aliphatic carbocycles. The Labute approximate surface area is 275 Å². The summed E-state index contributed by atoms with van der Waals surface area (Å²) in [5, 5.41) is 27.6. The van der Waals surface area contributed by atoms with Crippen molar-refractivity contribution >= 4 is 22.7 Å². The number of carbonyl (C=O) groups is 2. The van der Waals surface area contributed by atoms with E-state index in [1.165, 1.54) is 12.1 Å². The number of H-pyrrole nitrogens is 1. The molecule has 0 spiro atoms. The second-order valence-electron chi connectivity index (χ2n) is 12.4. The molecule has 2 atom stereocenters. The number of benzene rings is 3. The fourth-order valence-electron chi connectivity index (χ4n) is 6.94. The van der Waals surface area contributed by atoms with Gasteiger partial charge in [0.2, 0.25) is 17.4 Å². The molecular weight excluding hydrogens is 594 g/mol. The average molecular weight is 640 g/mol. The number of nitrogens with one attached hydrogen (secondary N) is 3. The maximum atomic E-state index is 13.3. The van der Waals surface area contributed by atoms with E-state index in [2.05, 4.69) is 20.5 Å². The van der Waals surface area contributed by atoms with Gasteiger partial charge in [-0.15, -0.1) is 0 Å². The minimum Gasteiger partial charge on any atom is -0.506 e. The highest BCUT2D eigenvalue weighted by atomic mass is 16.3. The fraction of sp³-hybridized carbons (Fsp3) is 0.378. The van der Waals surface area contributed by atoms with Crippen LogP contribution in [0.3, 0.4) is 0 Å². The molecule has 1 aliphatic rings. The maximum Gasteiger partial charge on any atom is 0.248 e. The van der Waals surface area contributed by atoms with E-state index in [0.29, 0.717) is 55.6 Å². The molecule has 47 heavy (non-hydrogen) atoms. The number of aromatic nitrogens is 1. The molecule has 2 amide bonds. The molecule has 2 heterocycles. The molecule has 5 rings (SSSR count). The topological polar surface area (TPSA) is 161 Å². The van der Waals surface area contributed by atoms with Crippen LogP contribution in [0.15, 0.2) is 89.7 Å². The predicted octanol–water partition coefficient (Wildman–Crippen LogP) is 3.33. The largest absolute Gasteiger partial charge is 0.506 e. The molecular formula is C37H45N5O5. The highest BCUT2D eigenvalue weighted by Crippen LogP contribution is 2.43. The van der Waals surface area contributed by atoms with Crippen molar-refractivity contribution in [2.24, 2.45) is 11.7 Å². The molecule has 248 valence electrons. The van der Waals surface area contributed by atoms with Crippen molar-refractivity contribution in [2.75, 3.05) is 39.3 Å². The number of phenolic OH excluding ortho intramolecular Hbond substituents is 1. The van der Waals surface area contributed by atoms with Crippen LogP contribution >= 0.6 is 0 Å². The number of aliphatic hydroxyl groups excluding tert-OH is 1. The summed E-state index contributed by atoms with van der Waals surface area (Å²) >= 11 is 0. The lowest BCUT2D eigenvalue weighted by molar-refractivity contribution is -0.124. The molecule has 0 bridgehead atoms. The first-order chi connectivity index (χ1) is 22.8. The summed E-state index contributed by atoms with van der Waals surface area (Å²) in [7, 11) is 0. The quantitative estimate of drug-likeness (QED) is 0.103. The van der Waals surface area contributed by atoms with Crippen LogP contribution in [0.2, 0.25) is 0 Å². The summed E-state index contributed by atoms with van der Waals surface area (Å²) in [6, 6.07) is 25.7. The number of aromatic hydroxyl groups is 1. The van der Waals surface area contributed by atoms with E-state index in [1.807, 2.05) is 60.7 Å². The average Bonchev–Trinajstić information content (AvgIpc) is 3.55. The number of primary amides is 1. The Morgan fingerprint density at radius 1 is 0.936 bits per heavy atom. The minimum atomic E-state index is -0.937. The lowest BCUT2D eigenvalue weighted by Gasteiger charge is -2.37. The smallest absolute Gasteiger partial charge is 0.248 e. The van der Waals surface area contributed by atoms with E-state index in [4.69, 9.17) is 5.73 Å². The van der Waals surface area contributed by atoms with Crippen molar-refractivity contribution in [3.63, 3.8) is 0 Å². The molecule has 1 aliphatic heterocycles. The zero-order valence-corrected chi connectivity index (χ0v) is 26.7. The predicted molar refractivity (Wildman–Crippen MR) is 183 cm³/mol.